The first-order chi connectivity index (χ1) is 19.0. The van der Waals surface area contributed by atoms with Crippen molar-refractivity contribution in [3.63, 3.8) is 0 Å². The lowest BCUT2D eigenvalue weighted by atomic mass is 10.0. The van der Waals surface area contributed by atoms with Crippen LogP contribution in [0.3, 0.4) is 0 Å². The number of hydrogen-bond acceptors (Lipinski definition) is 6. The molecule has 0 aromatic rings. The molecule has 230 valence electrons. The summed E-state index contributed by atoms with van der Waals surface area (Å²) < 4.78 is 16.1. The molecule has 0 aliphatic rings. The van der Waals surface area contributed by atoms with Crippen LogP contribution in [-0.2, 0) is 28.6 Å². The lowest BCUT2D eigenvalue weighted by Crippen LogP contribution is -2.30. The third-order valence-corrected chi connectivity index (χ3v) is 7.11. The van der Waals surface area contributed by atoms with Gasteiger partial charge in [-0.1, -0.05) is 136 Å². The SMILES string of the molecule is CCCCCCCCCCCCCCCCCC(=O)OC[C@@H](COC(=O)CCCCC)OC(=O)CCCCC. The van der Waals surface area contributed by atoms with E-state index in [1.54, 1.807) is 0 Å². The van der Waals surface area contributed by atoms with E-state index >= 15 is 0 Å². The summed E-state index contributed by atoms with van der Waals surface area (Å²) in [7, 11) is 0. The van der Waals surface area contributed by atoms with E-state index in [1.165, 1.54) is 77.0 Å². The van der Waals surface area contributed by atoms with Crippen molar-refractivity contribution in [1.29, 1.82) is 0 Å². The van der Waals surface area contributed by atoms with Crippen LogP contribution >= 0.6 is 0 Å². The quantitative estimate of drug-likeness (QED) is 0.0520. The second kappa shape index (κ2) is 29.4. The molecule has 0 radical (unpaired) electrons. The Balaban J connectivity index is 3.95. The number of ether oxygens (including phenoxy) is 3. The summed E-state index contributed by atoms with van der Waals surface area (Å²) >= 11 is 0. The van der Waals surface area contributed by atoms with Crippen molar-refractivity contribution in [2.75, 3.05) is 13.2 Å². The average molecular weight is 555 g/mol. The van der Waals surface area contributed by atoms with Gasteiger partial charge in [0.05, 0.1) is 0 Å². The van der Waals surface area contributed by atoms with Crippen LogP contribution in [0.4, 0.5) is 0 Å². The van der Waals surface area contributed by atoms with Gasteiger partial charge in [-0.3, -0.25) is 14.4 Å². The summed E-state index contributed by atoms with van der Waals surface area (Å²) in [5.74, 6) is -0.931. The standard InChI is InChI=1S/C33H62O6/c1-4-7-10-11-12-13-14-15-16-17-18-19-20-21-24-26-32(35)38-29-30(39-33(36)27-23-9-6-3)28-37-31(34)25-22-8-5-2/h30H,4-29H2,1-3H3/t30-/m1/s1. The van der Waals surface area contributed by atoms with E-state index in [0.717, 1.165) is 57.8 Å². The molecule has 0 spiro atoms. The van der Waals surface area contributed by atoms with Crippen molar-refractivity contribution in [1.82, 2.24) is 0 Å². The van der Waals surface area contributed by atoms with Crippen LogP contribution in [0.1, 0.15) is 175 Å². The lowest BCUT2D eigenvalue weighted by Gasteiger charge is -2.18. The van der Waals surface area contributed by atoms with E-state index < -0.39 is 6.10 Å². The molecule has 0 fully saturated rings. The highest BCUT2D eigenvalue weighted by Crippen LogP contribution is 2.14. The molecular weight excluding hydrogens is 492 g/mol. The number of carbonyl (C=O) groups excluding carboxylic acids is 3. The van der Waals surface area contributed by atoms with E-state index in [4.69, 9.17) is 14.2 Å². The number of rotatable bonds is 29. The minimum atomic E-state index is -0.751. The van der Waals surface area contributed by atoms with Gasteiger partial charge in [-0.05, 0) is 19.3 Å². The first kappa shape index (κ1) is 37.4. The summed E-state index contributed by atoms with van der Waals surface area (Å²) in [4.78, 5) is 36.3. The molecule has 0 unspecified atom stereocenters. The van der Waals surface area contributed by atoms with Crippen LogP contribution in [0.15, 0.2) is 0 Å². The molecule has 1 atom stereocenters. The highest BCUT2D eigenvalue weighted by Gasteiger charge is 2.19. The Kier molecular flexibility index (Phi) is 28.2. The minimum Gasteiger partial charge on any atom is -0.462 e. The monoisotopic (exact) mass is 554 g/mol. The van der Waals surface area contributed by atoms with Gasteiger partial charge in [0, 0.05) is 19.3 Å². The highest BCUT2D eigenvalue weighted by atomic mass is 16.6. The fourth-order valence-electron chi connectivity index (χ4n) is 4.56. The van der Waals surface area contributed by atoms with Gasteiger partial charge in [-0.2, -0.15) is 0 Å². The summed E-state index contributed by atoms with van der Waals surface area (Å²) in [5, 5.41) is 0. The molecule has 0 aromatic carbocycles. The van der Waals surface area contributed by atoms with Crippen molar-refractivity contribution in [2.24, 2.45) is 0 Å². The van der Waals surface area contributed by atoms with Gasteiger partial charge in [-0.25, -0.2) is 0 Å². The Labute approximate surface area is 240 Å². The smallest absolute Gasteiger partial charge is 0.306 e. The third-order valence-electron chi connectivity index (χ3n) is 7.11. The molecule has 0 saturated heterocycles. The zero-order chi connectivity index (χ0) is 28.8. The number of esters is 3. The van der Waals surface area contributed by atoms with E-state index in [9.17, 15) is 14.4 Å². The van der Waals surface area contributed by atoms with Crippen LogP contribution in [0.2, 0.25) is 0 Å². The van der Waals surface area contributed by atoms with Gasteiger partial charge in [0.1, 0.15) is 13.2 Å². The molecule has 0 aliphatic heterocycles. The van der Waals surface area contributed by atoms with Crippen molar-refractivity contribution in [2.45, 2.75) is 181 Å². The van der Waals surface area contributed by atoms with Gasteiger partial charge >= 0.3 is 17.9 Å². The van der Waals surface area contributed by atoms with E-state index in [2.05, 4.69) is 20.8 Å². The van der Waals surface area contributed by atoms with Gasteiger partial charge in [-0.15, -0.1) is 0 Å². The molecule has 0 aromatic heterocycles. The Hall–Kier alpha value is -1.59. The van der Waals surface area contributed by atoms with E-state index in [1.807, 2.05) is 0 Å². The zero-order valence-electron chi connectivity index (χ0n) is 25.9. The van der Waals surface area contributed by atoms with Crippen LogP contribution in [0.5, 0.6) is 0 Å². The molecule has 0 aliphatic carbocycles. The maximum Gasteiger partial charge on any atom is 0.306 e. The predicted molar refractivity (Wildman–Crippen MR) is 160 cm³/mol. The maximum atomic E-state index is 12.2. The van der Waals surface area contributed by atoms with Crippen molar-refractivity contribution < 1.29 is 28.6 Å². The highest BCUT2D eigenvalue weighted by molar-refractivity contribution is 5.71. The van der Waals surface area contributed by atoms with Gasteiger partial charge < -0.3 is 14.2 Å². The Morgan fingerprint density at radius 3 is 1.08 bits per heavy atom. The van der Waals surface area contributed by atoms with Crippen LogP contribution in [-0.4, -0.2) is 37.2 Å². The van der Waals surface area contributed by atoms with Crippen LogP contribution in [0.25, 0.3) is 0 Å². The summed E-state index contributed by atoms with van der Waals surface area (Å²) in [6.07, 6.45) is 25.0. The Morgan fingerprint density at radius 2 is 0.692 bits per heavy atom. The topological polar surface area (TPSA) is 78.9 Å². The second-order valence-electron chi connectivity index (χ2n) is 11.1. The Morgan fingerprint density at radius 1 is 0.410 bits per heavy atom. The summed E-state index contributed by atoms with van der Waals surface area (Å²) in [5.41, 5.74) is 0. The zero-order valence-corrected chi connectivity index (χ0v) is 25.9. The molecule has 0 amide bonds. The number of carbonyl (C=O) groups is 3. The average Bonchev–Trinajstić information content (AvgIpc) is 2.92. The number of hydrogen-bond donors (Lipinski definition) is 0. The minimum absolute atomic E-state index is 0.0701. The fraction of sp³-hybridized carbons (Fsp3) is 0.909. The molecule has 0 saturated carbocycles. The van der Waals surface area contributed by atoms with E-state index in [0.29, 0.717) is 19.3 Å². The molecular formula is C33H62O6. The summed E-state index contributed by atoms with van der Waals surface area (Å²) in [6.45, 7) is 6.27. The summed E-state index contributed by atoms with van der Waals surface area (Å²) in [6, 6.07) is 0. The molecule has 0 rings (SSSR count). The first-order valence-electron chi connectivity index (χ1n) is 16.5. The second-order valence-corrected chi connectivity index (χ2v) is 11.1. The molecule has 6 heteroatoms. The largest absolute Gasteiger partial charge is 0.462 e. The Bertz CT molecular complexity index is 577. The van der Waals surface area contributed by atoms with Gasteiger partial charge in [0.25, 0.3) is 0 Å². The van der Waals surface area contributed by atoms with Gasteiger partial charge in [0.2, 0.25) is 0 Å². The molecule has 0 N–H and O–H groups in total. The van der Waals surface area contributed by atoms with Crippen molar-refractivity contribution in [3.05, 3.63) is 0 Å². The van der Waals surface area contributed by atoms with Crippen molar-refractivity contribution >= 4 is 17.9 Å². The van der Waals surface area contributed by atoms with Crippen LogP contribution < -0.4 is 0 Å². The molecule has 39 heavy (non-hydrogen) atoms. The first-order valence-corrected chi connectivity index (χ1v) is 16.5. The van der Waals surface area contributed by atoms with Crippen molar-refractivity contribution in [3.8, 4) is 0 Å². The maximum absolute atomic E-state index is 12.2. The normalized spacial score (nSPS) is 11.8. The van der Waals surface area contributed by atoms with Crippen LogP contribution in [0, 0.1) is 0 Å². The predicted octanol–water partition coefficient (Wildman–Crippen LogP) is 9.41. The lowest BCUT2D eigenvalue weighted by molar-refractivity contribution is -0.167. The third kappa shape index (κ3) is 27.8. The van der Waals surface area contributed by atoms with E-state index in [-0.39, 0.29) is 31.1 Å². The van der Waals surface area contributed by atoms with Gasteiger partial charge in [0.15, 0.2) is 6.10 Å². The molecule has 0 bridgehead atoms. The molecule has 6 nitrogen and oxygen atoms in total. The fourth-order valence-corrected chi connectivity index (χ4v) is 4.56. The molecule has 0 heterocycles. The number of unbranched alkanes of at least 4 members (excludes halogenated alkanes) is 18.